The van der Waals surface area contributed by atoms with E-state index in [9.17, 15) is 19.2 Å². The van der Waals surface area contributed by atoms with Gasteiger partial charge in [0.1, 0.15) is 6.04 Å². The molecular weight excluding hydrogens is 725 g/mol. The number of hydrogen-bond donors (Lipinski definition) is 3. The third kappa shape index (κ3) is 23.8. The van der Waals surface area contributed by atoms with Crippen LogP contribution in [-0.2, 0) is 39.8 Å². The molecule has 1 atom stereocenters. The van der Waals surface area contributed by atoms with Gasteiger partial charge in [0, 0.05) is 80.8 Å². The highest BCUT2D eigenvalue weighted by Crippen LogP contribution is 2.27. The number of methoxy groups -OCH3 is 1. The van der Waals surface area contributed by atoms with Gasteiger partial charge in [-0.25, -0.2) is 0 Å². The minimum absolute atomic E-state index is 0.0646. The molecule has 1 rings (SSSR count). The van der Waals surface area contributed by atoms with E-state index in [1.54, 1.807) is 7.11 Å². The van der Waals surface area contributed by atoms with E-state index in [0.717, 1.165) is 5.56 Å². The number of hydrogen-bond acceptors (Lipinski definition) is 8. The molecule has 0 spiro atoms. The van der Waals surface area contributed by atoms with Crippen molar-refractivity contribution >= 4 is 23.7 Å². The van der Waals surface area contributed by atoms with Gasteiger partial charge in [-0.2, -0.15) is 0 Å². The second-order valence-corrected chi connectivity index (χ2v) is 19.2. The second kappa shape index (κ2) is 25.4. The van der Waals surface area contributed by atoms with Crippen molar-refractivity contribution in [3.05, 3.63) is 35.4 Å². The highest BCUT2D eigenvalue weighted by molar-refractivity contribution is 5.77. The fourth-order valence-electron chi connectivity index (χ4n) is 6.75. The van der Waals surface area contributed by atoms with Crippen molar-refractivity contribution in [2.75, 3.05) is 72.9 Å². The number of ether oxygens (including phenoxy) is 3. The van der Waals surface area contributed by atoms with Gasteiger partial charge < -0.3 is 40.2 Å². The number of nitrogens with one attached hydrogen (secondary N) is 1. The van der Waals surface area contributed by atoms with Gasteiger partial charge in [0.2, 0.25) is 17.7 Å². The Balaban J connectivity index is 2.71. The van der Waals surface area contributed by atoms with E-state index < -0.39 is 12.0 Å². The molecular formula is C45H80N4O8. The first-order chi connectivity index (χ1) is 26.5. The Hall–Kier alpha value is -3.06. The predicted octanol–water partition coefficient (Wildman–Crippen LogP) is 6.65. The first-order valence-electron chi connectivity index (χ1n) is 21.0. The van der Waals surface area contributed by atoms with Crippen molar-refractivity contribution < 1.29 is 38.5 Å². The zero-order valence-corrected chi connectivity index (χ0v) is 37.6. The summed E-state index contributed by atoms with van der Waals surface area (Å²) in [5.41, 5.74) is 6.86. The number of amides is 3. The zero-order chi connectivity index (χ0) is 43.3. The average molecular weight is 805 g/mol. The second-order valence-electron chi connectivity index (χ2n) is 19.2. The van der Waals surface area contributed by atoms with E-state index >= 15 is 0 Å². The monoisotopic (exact) mass is 805 g/mol. The standard InChI is InChI=1S/C45H80N4O8/c1-12-48(39(51)19-14-13-18-38(50)47-26-16-15-17-37(46)41(53)54)27-42(3,4)31-56-32-43(5,6)28-49(40(52)25-24-36-22-20-35(2)21-23-36)29-44(7,8)33-57-34-45(9,10)30-55-11/h20-23,37H,12-19,24-34,46H2,1-11H3,(H,47,50)(H,53,54). The third-order valence-electron chi connectivity index (χ3n) is 9.82. The quantitative estimate of drug-likeness (QED) is 0.0699. The van der Waals surface area contributed by atoms with Crippen LogP contribution in [0.1, 0.15) is 125 Å². The summed E-state index contributed by atoms with van der Waals surface area (Å²) in [4.78, 5) is 53.9. The molecule has 4 N–H and O–H groups in total. The smallest absolute Gasteiger partial charge is 0.320 e. The van der Waals surface area contributed by atoms with Crippen LogP contribution in [0.25, 0.3) is 0 Å². The third-order valence-corrected chi connectivity index (χ3v) is 9.82. The minimum atomic E-state index is -1.01. The Labute approximate surface area is 345 Å². The lowest BCUT2D eigenvalue weighted by molar-refractivity contribution is -0.139. The molecule has 0 saturated heterocycles. The van der Waals surface area contributed by atoms with Gasteiger partial charge >= 0.3 is 5.97 Å². The van der Waals surface area contributed by atoms with E-state index in [-0.39, 0.29) is 39.4 Å². The van der Waals surface area contributed by atoms with Crippen LogP contribution >= 0.6 is 0 Å². The first kappa shape index (κ1) is 52.0. The van der Waals surface area contributed by atoms with Crippen molar-refractivity contribution in [2.45, 2.75) is 133 Å². The van der Waals surface area contributed by atoms with E-state index in [1.165, 1.54) is 5.56 Å². The number of carboxylic acid groups (broad SMARTS) is 1. The lowest BCUT2D eigenvalue weighted by Gasteiger charge is -2.39. The van der Waals surface area contributed by atoms with Crippen molar-refractivity contribution in [1.82, 2.24) is 15.1 Å². The summed E-state index contributed by atoms with van der Waals surface area (Å²) in [6.07, 6.45) is 4.74. The van der Waals surface area contributed by atoms with Gasteiger partial charge in [-0.05, 0) is 57.9 Å². The van der Waals surface area contributed by atoms with E-state index in [2.05, 4.69) is 91.9 Å². The SMILES string of the molecule is CCN(CC(C)(C)COCC(C)(C)CN(CC(C)(C)COCC(C)(C)COC)C(=O)CCc1ccc(C)cc1)C(=O)CCCCC(=O)NCCCCC(N)C(=O)O. The Morgan fingerprint density at radius 3 is 1.70 bits per heavy atom. The Morgan fingerprint density at radius 2 is 1.19 bits per heavy atom. The Morgan fingerprint density at radius 1 is 0.702 bits per heavy atom. The number of nitrogens with two attached hydrogens (primary N) is 1. The van der Waals surface area contributed by atoms with Crippen LogP contribution in [0.5, 0.6) is 0 Å². The summed E-state index contributed by atoms with van der Waals surface area (Å²) >= 11 is 0. The lowest BCUT2D eigenvalue weighted by Crippen LogP contribution is -2.47. The number of carbonyl (C=O) groups is 4. The fraction of sp³-hybridized carbons (Fsp3) is 0.778. The molecule has 0 aromatic heterocycles. The van der Waals surface area contributed by atoms with Crippen LogP contribution in [-0.4, -0.2) is 118 Å². The number of aryl methyl sites for hydroxylation is 2. The van der Waals surface area contributed by atoms with Gasteiger partial charge in [-0.1, -0.05) is 85.2 Å². The molecule has 0 aliphatic heterocycles. The number of carboxylic acids is 1. The van der Waals surface area contributed by atoms with Crippen molar-refractivity contribution in [2.24, 2.45) is 27.4 Å². The van der Waals surface area contributed by atoms with Crippen LogP contribution in [0.2, 0.25) is 0 Å². The molecule has 57 heavy (non-hydrogen) atoms. The topological polar surface area (TPSA) is 161 Å². The molecule has 0 heterocycles. The maximum Gasteiger partial charge on any atom is 0.320 e. The lowest BCUT2D eigenvalue weighted by atomic mass is 9.89. The van der Waals surface area contributed by atoms with Crippen LogP contribution < -0.4 is 11.1 Å². The Bertz CT molecular complexity index is 1350. The number of rotatable bonds is 31. The van der Waals surface area contributed by atoms with E-state index in [0.29, 0.717) is 124 Å². The maximum atomic E-state index is 13.9. The molecule has 0 aliphatic rings. The van der Waals surface area contributed by atoms with Crippen LogP contribution in [0, 0.1) is 28.6 Å². The summed E-state index contributed by atoms with van der Waals surface area (Å²) < 4.78 is 17.9. The van der Waals surface area contributed by atoms with Gasteiger partial charge in [-0.15, -0.1) is 0 Å². The number of carbonyl (C=O) groups excluding carboxylic acids is 3. The highest BCUT2D eigenvalue weighted by Gasteiger charge is 2.32. The molecule has 1 aromatic rings. The first-order valence-corrected chi connectivity index (χ1v) is 21.0. The molecule has 0 aliphatic carbocycles. The normalized spacial score (nSPS) is 13.0. The summed E-state index contributed by atoms with van der Waals surface area (Å²) in [5.74, 6) is -0.898. The molecule has 12 nitrogen and oxygen atoms in total. The number of benzene rings is 1. The number of aliphatic carboxylic acids is 1. The Kier molecular flexibility index (Phi) is 23.2. The molecule has 0 bridgehead atoms. The maximum absolute atomic E-state index is 13.9. The molecule has 0 fully saturated rings. The fourth-order valence-corrected chi connectivity index (χ4v) is 6.75. The van der Waals surface area contributed by atoms with E-state index in [4.69, 9.17) is 25.1 Å². The number of unbranched alkanes of at least 4 members (excludes halogenated alkanes) is 2. The molecule has 0 radical (unpaired) electrons. The predicted molar refractivity (Wildman–Crippen MR) is 228 cm³/mol. The van der Waals surface area contributed by atoms with Gasteiger partial charge in [0.25, 0.3) is 0 Å². The van der Waals surface area contributed by atoms with Crippen LogP contribution in [0.4, 0.5) is 0 Å². The van der Waals surface area contributed by atoms with Crippen molar-refractivity contribution in [1.29, 1.82) is 0 Å². The molecule has 1 aromatic carbocycles. The average Bonchev–Trinajstić information content (AvgIpc) is 3.10. The minimum Gasteiger partial charge on any atom is -0.480 e. The summed E-state index contributed by atoms with van der Waals surface area (Å²) in [6.45, 7) is 26.4. The molecule has 1 unspecified atom stereocenters. The van der Waals surface area contributed by atoms with Gasteiger partial charge in [-0.3, -0.25) is 19.2 Å². The summed E-state index contributed by atoms with van der Waals surface area (Å²) in [6, 6.07) is 7.49. The van der Waals surface area contributed by atoms with Gasteiger partial charge in [0.05, 0.1) is 33.0 Å². The molecule has 0 saturated carbocycles. The van der Waals surface area contributed by atoms with Crippen LogP contribution in [0.3, 0.4) is 0 Å². The number of nitrogens with zero attached hydrogens (tertiary/aromatic N) is 2. The van der Waals surface area contributed by atoms with Crippen LogP contribution in [0.15, 0.2) is 24.3 Å². The highest BCUT2D eigenvalue weighted by atomic mass is 16.5. The molecule has 3 amide bonds. The van der Waals surface area contributed by atoms with Crippen molar-refractivity contribution in [3.8, 4) is 0 Å². The largest absolute Gasteiger partial charge is 0.480 e. The molecule has 12 heteroatoms. The molecule has 328 valence electrons. The summed E-state index contributed by atoms with van der Waals surface area (Å²) in [7, 11) is 1.70. The summed E-state index contributed by atoms with van der Waals surface area (Å²) in [5, 5.41) is 11.7. The van der Waals surface area contributed by atoms with E-state index in [1.807, 2.05) is 16.7 Å². The zero-order valence-electron chi connectivity index (χ0n) is 37.6. The van der Waals surface area contributed by atoms with Gasteiger partial charge in [0.15, 0.2) is 0 Å². The van der Waals surface area contributed by atoms with Crippen molar-refractivity contribution in [3.63, 3.8) is 0 Å².